The van der Waals surface area contributed by atoms with Crippen molar-refractivity contribution in [2.24, 2.45) is 11.8 Å². The Morgan fingerprint density at radius 1 is 1.38 bits per heavy atom. The molecule has 1 aromatic heterocycles. The number of anilines is 1. The maximum atomic E-state index is 12.7. The number of pyridine rings is 1. The molecule has 116 valence electrons. The number of alkyl halides is 3. The number of fused-ring (bicyclic) bond motifs is 1. The SMILES string of the molecule is CC1(C)C2CNCC2CN1c1ncc(C(F)(F)F)cc1Cl. The first-order chi connectivity index (χ1) is 9.71. The van der Waals surface area contributed by atoms with Crippen LogP contribution in [0.3, 0.4) is 0 Å². The molecule has 3 heterocycles. The van der Waals surface area contributed by atoms with E-state index in [9.17, 15) is 13.2 Å². The summed E-state index contributed by atoms with van der Waals surface area (Å²) < 4.78 is 38.1. The second kappa shape index (κ2) is 4.74. The molecule has 1 N–H and O–H groups in total. The normalized spacial score (nSPS) is 28.0. The van der Waals surface area contributed by atoms with E-state index >= 15 is 0 Å². The minimum atomic E-state index is -4.42. The summed E-state index contributed by atoms with van der Waals surface area (Å²) in [6.45, 7) is 6.82. The second-order valence-corrected chi connectivity index (χ2v) is 6.72. The molecular weight excluding hydrogens is 303 g/mol. The van der Waals surface area contributed by atoms with Crippen LogP contribution >= 0.6 is 11.6 Å². The van der Waals surface area contributed by atoms with E-state index in [0.717, 1.165) is 31.9 Å². The lowest BCUT2D eigenvalue weighted by molar-refractivity contribution is -0.137. The molecule has 0 radical (unpaired) electrons. The van der Waals surface area contributed by atoms with Gasteiger partial charge in [-0.15, -0.1) is 0 Å². The Morgan fingerprint density at radius 3 is 2.67 bits per heavy atom. The zero-order valence-electron chi connectivity index (χ0n) is 11.8. The van der Waals surface area contributed by atoms with Crippen LogP contribution in [0.2, 0.25) is 5.02 Å². The zero-order chi connectivity index (χ0) is 15.4. The number of hydrogen-bond donors (Lipinski definition) is 1. The summed E-state index contributed by atoms with van der Waals surface area (Å²) in [4.78, 5) is 6.05. The van der Waals surface area contributed by atoms with Gasteiger partial charge in [-0.1, -0.05) is 11.6 Å². The van der Waals surface area contributed by atoms with Gasteiger partial charge in [-0.25, -0.2) is 4.98 Å². The van der Waals surface area contributed by atoms with Crippen LogP contribution in [0.25, 0.3) is 0 Å². The van der Waals surface area contributed by atoms with Gasteiger partial charge in [0.2, 0.25) is 0 Å². The molecule has 0 spiro atoms. The molecule has 2 fully saturated rings. The van der Waals surface area contributed by atoms with Gasteiger partial charge in [-0.3, -0.25) is 0 Å². The highest BCUT2D eigenvalue weighted by Crippen LogP contribution is 2.45. The van der Waals surface area contributed by atoms with Crippen LogP contribution in [0.4, 0.5) is 19.0 Å². The molecule has 1 aromatic rings. The van der Waals surface area contributed by atoms with Crippen LogP contribution < -0.4 is 10.2 Å². The summed E-state index contributed by atoms with van der Waals surface area (Å²) in [5.41, 5.74) is -0.986. The molecule has 7 heteroatoms. The van der Waals surface area contributed by atoms with Crippen LogP contribution in [0.15, 0.2) is 12.3 Å². The maximum Gasteiger partial charge on any atom is 0.417 e. The number of aromatic nitrogens is 1. The third-order valence-electron chi connectivity index (χ3n) is 4.76. The van der Waals surface area contributed by atoms with Crippen molar-refractivity contribution in [3.05, 3.63) is 22.8 Å². The number of halogens is 4. The Bertz CT molecular complexity index is 559. The average molecular weight is 320 g/mol. The van der Waals surface area contributed by atoms with Crippen LogP contribution in [-0.2, 0) is 6.18 Å². The van der Waals surface area contributed by atoms with Crippen molar-refractivity contribution < 1.29 is 13.2 Å². The van der Waals surface area contributed by atoms with E-state index in [4.69, 9.17) is 11.6 Å². The molecule has 0 saturated carbocycles. The zero-order valence-corrected chi connectivity index (χ0v) is 12.6. The molecule has 0 aliphatic carbocycles. The van der Waals surface area contributed by atoms with Crippen LogP contribution in [0.5, 0.6) is 0 Å². The Labute approximate surface area is 126 Å². The molecule has 2 aliphatic heterocycles. The maximum absolute atomic E-state index is 12.7. The molecule has 2 atom stereocenters. The van der Waals surface area contributed by atoms with Crippen molar-refractivity contribution in [3.63, 3.8) is 0 Å². The van der Waals surface area contributed by atoms with Crippen molar-refractivity contribution >= 4 is 17.4 Å². The van der Waals surface area contributed by atoms with E-state index in [1.807, 2.05) is 4.90 Å². The molecule has 21 heavy (non-hydrogen) atoms. The molecule has 2 saturated heterocycles. The molecule has 0 aromatic carbocycles. The van der Waals surface area contributed by atoms with Gasteiger partial charge in [0, 0.05) is 31.4 Å². The number of nitrogens with zero attached hydrogens (tertiary/aromatic N) is 2. The number of hydrogen-bond acceptors (Lipinski definition) is 3. The van der Waals surface area contributed by atoms with Crippen LogP contribution in [-0.4, -0.2) is 30.2 Å². The lowest BCUT2D eigenvalue weighted by atomic mass is 9.85. The van der Waals surface area contributed by atoms with E-state index in [1.54, 1.807) is 0 Å². The summed E-state index contributed by atoms with van der Waals surface area (Å²) in [7, 11) is 0. The fourth-order valence-corrected chi connectivity index (χ4v) is 3.83. The van der Waals surface area contributed by atoms with E-state index in [1.165, 1.54) is 0 Å². The third-order valence-corrected chi connectivity index (χ3v) is 5.04. The molecule has 0 bridgehead atoms. The van der Waals surface area contributed by atoms with Gasteiger partial charge in [-0.05, 0) is 31.7 Å². The Balaban J connectivity index is 1.94. The third kappa shape index (κ3) is 2.38. The predicted octanol–water partition coefficient (Wildman–Crippen LogP) is 3.19. The van der Waals surface area contributed by atoms with Gasteiger partial charge in [0.15, 0.2) is 0 Å². The van der Waals surface area contributed by atoms with Gasteiger partial charge < -0.3 is 10.2 Å². The summed E-state index contributed by atoms with van der Waals surface area (Å²) >= 11 is 6.08. The molecule has 3 rings (SSSR count). The summed E-state index contributed by atoms with van der Waals surface area (Å²) in [5.74, 6) is 1.39. The Kier molecular flexibility index (Phi) is 3.37. The molecule has 2 aliphatic rings. The first-order valence-corrected chi connectivity index (χ1v) is 7.30. The van der Waals surface area contributed by atoms with Gasteiger partial charge in [0.05, 0.1) is 10.6 Å². The fourth-order valence-electron chi connectivity index (χ4n) is 3.57. The molecular formula is C14H17ClF3N3. The van der Waals surface area contributed by atoms with Crippen molar-refractivity contribution in [1.29, 1.82) is 0 Å². The Morgan fingerprint density at radius 2 is 2.10 bits per heavy atom. The number of nitrogens with one attached hydrogen (secondary N) is 1. The quantitative estimate of drug-likeness (QED) is 0.861. The summed E-state index contributed by atoms with van der Waals surface area (Å²) in [6.07, 6.45) is -3.56. The number of rotatable bonds is 1. The van der Waals surface area contributed by atoms with E-state index in [-0.39, 0.29) is 10.6 Å². The smallest absolute Gasteiger partial charge is 0.350 e. The standard InChI is InChI=1S/C14H17ClF3N3/c1-13(2)10-6-19-4-8(10)7-21(13)12-11(15)3-9(5-20-12)14(16,17)18/h3,5,8,10,19H,4,6-7H2,1-2H3. The first-order valence-electron chi connectivity index (χ1n) is 6.92. The minimum absolute atomic E-state index is 0.0610. The minimum Gasteiger partial charge on any atom is -0.350 e. The van der Waals surface area contributed by atoms with E-state index < -0.39 is 11.7 Å². The largest absolute Gasteiger partial charge is 0.417 e. The van der Waals surface area contributed by atoms with Gasteiger partial charge in [-0.2, -0.15) is 13.2 Å². The lowest BCUT2D eigenvalue weighted by Crippen LogP contribution is -2.45. The highest BCUT2D eigenvalue weighted by Gasteiger charge is 2.50. The molecule has 2 unspecified atom stereocenters. The van der Waals surface area contributed by atoms with Gasteiger partial charge >= 0.3 is 6.18 Å². The first kappa shape index (κ1) is 14.9. The highest BCUT2D eigenvalue weighted by atomic mass is 35.5. The van der Waals surface area contributed by atoms with Crippen LogP contribution in [0.1, 0.15) is 19.4 Å². The van der Waals surface area contributed by atoms with Crippen LogP contribution in [0, 0.1) is 11.8 Å². The Hall–Kier alpha value is -1.01. The second-order valence-electron chi connectivity index (χ2n) is 6.32. The van der Waals surface area contributed by atoms with Crippen molar-refractivity contribution in [2.75, 3.05) is 24.5 Å². The topological polar surface area (TPSA) is 28.2 Å². The fraction of sp³-hybridized carbons (Fsp3) is 0.643. The van der Waals surface area contributed by atoms with Gasteiger partial charge in [0.1, 0.15) is 5.82 Å². The van der Waals surface area contributed by atoms with Crippen molar-refractivity contribution in [2.45, 2.75) is 25.6 Å². The van der Waals surface area contributed by atoms with Crippen molar-refractivity contribution in [3.8, 4) is 0 Å². The van der Waals surface area contributed by atoms with E-state index in [0.29, 0.717) is 17.7 Å². The highest BCUT2D eigenvalue weighted by molar-refractivity contribution is 6.33. The molecule has 0 amide bonds. The summed E-state index contributed by atoms with van der Waals surface area (Å²) in [6, 6.07) is 0.965. The lowest BCUT2D eigenvalue weighted by Gasteiger charge is -2.37. The van der Waals surface area contributed by atoms with Crippen molar-refractivity contribution in [1.82, 2.24) is 10.3 Å². The van der Waals surface area contributed by atoms with E-state index in [2.05, 4.69) is 24.1 Å². The summed E-state index contributed by atoms with van der Waals surface area (Å²) in [5, 5.41) is 3.43. The average Bonchev–Trinajstić information content (AvgIpc) is 2.91. The van der Waals surface area contributed by atoms with Gasteiger partial charge in [0.25, 0.3) is 0 Å². The molecule has 3 nitrogen and oxygen atoms in total. The monoisotopic (exact) mass is 319 g/mol. The predicted molar refractivity (Wildman–Crippen MR) is 75.5 cm³/mol.